The number of methoxy groups -OCH3 is 1. The van der Waals surface area contributed by atoms with Crippen LogP contribution in [0.3, 0.4) is 0 Å². The molecule has 166 valence electrons. The van der Waals surface area contributed by atoms with Gasteiger partial charge in [-0.3, -0.25) is 9.67 Å². The monoisotopic (exact) mass is 526 g/mol. The Bertz CT molecular complexity index is 850. The fourth-order valence-electron chi connectivity index (χ4n) is 4.14. The van der Waals surface area contributed by atoms with Gasteiger partial charge in [0, 0.05) is 51.0 Å². The van der Waals surface area contributed by atoms with E-state index >= 15 is 0 Å². The van der Waals surface area contributed by atoms with Gasteiger partial charge < -0.3 is 20.3 Å². The van der Waals surface area contributed by atoms with E-state index in [9.17, 15) is 0 Å². The van der Waals surface area contributed by atoms with Crippen LogP contribution in [0.2, 0.25) is 0 Å². The quantitative estimate of drug-likeness (QED) is 0.330. The predicted molar refractivity (Wildman–Crippen MR) is 134 cm³/mol. The lowest BCUT2D eigenvalue weighted by molar-refractivity contribution is 0.415. The van der Waals surface area contributed by atoms with Crippen LogP contribution in [0.5, 0.6) is 5.75 Å². The van der Waals surface area contributed by atoms with Gasteiger partial charge in [0.25, 0.3) is 0 Å². The van der Waals surface area contributed by atoms with Crippen molar-refractivity contribution in [2.45, 2.75) is 45.7 Å². The van der Waals surface area contributed by atoms with E-state index in [0.717, 1.165) is 62.0 Å². The Hall–Kier alpha value is -1.97. The average molecular weight is 526 g/mol. The SMILES string of the molecule is CCc1nn(C)c(CC)c1CNC(=NC)NC1CCN(c2ccccc2OC)C1.I. The van der Waals surface area contributed by atoms with Gasteiger partial charge in [-0.05, 0) is 31.4 Å². The molecule has 0 amide bonds. The number of nitrogens with zero attached hydrogens (tertiary/aromatic N) is 4. The molecule has 0 spiro atoms. The van der Waals surface area contributed by atoms with Gasteiger partial charge in [0.15, 0.2) is 5.96 Å². The number of hydrogen-bond acceptors (Lipinski definition) is 4. The molecule has 1 unspecified atom stereocenters. The zero-order valence-electron chi connectivity index (χ0n) is 18.7. The number of anilines is 1. The van der Waals surface area contributed by atoms with Crippen LogP contribution in [0.4, 0.5) is 5.69 Å². The Morgan fingerprint density at radius 1 is 1.27 bits per heavy atom. The normalized spacial score (nSPS) is 16.4. The maximum absolute atomic E-state index is 5.52. The maximum Gasteiger partial charge on any atom is 0.191 e. The van der Waals surface area contributed by atoms with Gasteiger partial charge in [0.05, 0.1) is 18.5 Å². The Kier molecular flexibility index (Phi) is 9.26. The fraction of sp³-hybridized carbons (Fsp3) is 0.545. The zero-order valence-corrected chi connectivity index (χ0v) is 21.1. The van der Waals surface area contributed by atoms with Crippen LogP contribution in [0.15, 0.2) is 29.3 Å². The molecular weight excluding hydrogens is 491 g/mol. The first-order chi connectivity index (χ1) is 14.1. The lowest BCUT2D eigenvalue weighted by Gasteiger charge is -2.22. The van der Waals surface area contributed by atoms with Crippen molar-refractivity contribution >= 4 is 35.6 Å². The molecule has 3 rings (SSSR count). The second-order valence-corrected chi connectivity index (χ2v) is 7.38. The molecule has 0 radical (unpaired) electrons. The van der Waals surface area contributed by atoms with Crippen LogP contribution in [0, 0.1) is 0 Å². The number of rotatable bonds is 7. The molecule has 1 aromatic heterocycles. The predicted octanol–water partition coefficient (Wildman–Crippen LogP) is 3.12. The highest BCUT2D eigenvalue weighted by atomic mass is 127. The van der Waals surface area contributed by atoms with Crippen molar-refractivity contribution in [3.63, 3.8) is 0 Å². The minimum absolute atomic E-state index is 0. The van der Waals surface area contributed by atoms with Crippen LogP contribution >= 0.6 is 24.0 Å². The summed E-state index contributed by atoms with van der Waals surface area (Å²) in [6, 6.07) is 8.55. The van der Waals surface area contributed by atoms with Crippen molar-refractivity contribution in [2.75, 3.05) is 32.1 Å². The number of halogens is 1. The Balaban J connectivity index is 0.00000320. The third kappa shape index (κ3) is 5.39. The van der Waals surface area contributed by atoms with Gasteiger partial charge in [-0.1, -0.05) is 26.0 Å². The smallest absolute Gasteiger partial charge is 0.191 e. The van der Waals surface area contributed by atoms with E-state index in [1.807, 2.05) is 30.9 Å². The number of nitrogens with one attached hydrogen (secondary N) is 2. The molecule has 2 N–H and O–H groups in total. The molecule has 30 heavy (non-hydrogen) atoms. The molecule has 2 heterocycles. The molecule has 1 aromatic carbocycles. The van der Waals surface area contributed by atoms with Crippen molar-refractivity contribution in [1.82, 2.24) is 20.4 Å². The molecule has 0 aliphatic carbocycles. The van der Waals surface area contributed by atoms with Crippen molar-refractivity contribution in [1.29, 1.82) is 0 Å². The number of aryl methyl sites for hydroxylation is 2. The molecule has 1 saturated heterocycles. The fourth-order valence-corrected chi connectivity index (χ4v) is 4.14. The minimum Gasteiger partial charge on any atom is -0.495 e. The van der Waals surface area contributed by atoms with Crippen molar-refractivity contribution in [3.05, 3.63) is 41.2 Å². The van der Waals surface area contributed by atoms with Gasteiger partial charge in [0.2, 0.25) is 0 Å². The summed E-state index contributed by atoms with van der Waals surface area (Å²) in [4.78, 5) is 6.81. The van der Waals surface area contributed by atoms with Gasteiger partial charge >= 0.3 is 0 Å². The third-order valence-electron chi connectivity index (χ3n) is 5.64. The minimum atomic E-state index is 0. The number of para-hydroxylation sites is 2. The Morgan fingerprint density at radius 3 is 2.70 bits per heavy atom. The highest BCUT2D eigenvalue weighted by Gasteiger charge is 2.25. The van der Waals surface area contributed by atoms with Crippen LogP contribution in [0.25, 0.3) is 0 Å². The first-order valence-corrected chi connectivity index (χ1v) is 10.5. The van der Waals surface area contributed by atoms with Crippen LogP contribution in [-0.4, -0.2) is 49.0 Å². The molecule has 1 aliphatic heterocycles. The van der Waals surface area contributed by atoms with E-state index in [0.29, 0.717) is 6.04 Å². The van der Waals surface area contributed by atoms with E-state index in [4.69, 9.17) is 4.74 Å². The standard InChI is InChI=1S/C22H34N6O.HI/c1-6-18-17(19(7-2)27(4)26-18)14-24-22(23-3)25-16-12-13-28(15-16)20-10-8-9-11-21(20)29-5;/h8-11,16H,6-7,12-15H2,1-5H3,(H2,23,24,25);1H. The second kappa shape index (κ2) is 11.4. The summed E-state index contributed by atoms with van der Waals surface area (Å²) in [7, 11) is 5.58. The summed E-state index contributed by atoms with van der Waals surface area (Å²) in [5, 5.41) is 11.7. The number of hydrogen-bond donors (Lipinski definition) is 2. The Morgan fingerprint density at radius 2 is 2.03 bits per heavy atom. The van der Waals surface area contributed by atoms with Crippen LogP contribution < -0.4 is 20.3 Å². The molecule has 1 fully saturated rings. The summed E-state index contributed by atoms with van der Waals surface area (Å²) in [5.41, 5.74) is 4.89. The number of aliphatic imine (C=N–C) groups is 1. The molecule has 1 aliphatic rings. The maximum atomic E-state index is 5.52. The van der Waals surface area contributed by atoms with E-state index in [1.165, 1.54) is 11.3 Å². The largest absolute Gasteiger partial charge is 0.495 e. The molecule has 0 bridgehead atoms. The molecule has 8 heteroatoms. The highest BCUT2D eigenvalue weighted by molar-refractivity contribution is 14.0. The van der Waals surface area contributed by atoms with Crippen molar-refractivity contribution < 1.29 is 4.74 Å². The lowest BCUT2D eigenvalue weighted by Crippen LogP contribution is -2.44. The number of benzene rings is 1. The van der Waals surface area contributed by atoms with E-state index < -0.39 is 0 Å². The van der Waals surface area contributed by atoms with E-state index in [1.54, 1.807) is 7.11 Å². The van der Waals surface area contributed by atoms with Gasteiger partial charge in [-0.25, -0.2) is 0 Å². The number of aromatic nitrogens is 2. The first kappa shape index (κ1) is 24.3. The second-order valence-electron chi connectivity index (χ2n) is 7.38. The van der Waals surface area contributed by atoms with E-state index in [-0.39, 0.29) is 24.0 Å². The molecular formula is C22H35IN6O. The van der Waals surface area contributed by atoms with Crippen molar-refractivity contribution in [2.24, 2.45) is 12.0 Å². The molecule has 1 atom stereocenters. The summed E-state index contributed by atoms with van der Waals surface area (Å²) in [6.45, 7) is 7.00. The molecule has 2 aromatic rings. The summed E-state index contributed by atoms with van der Waals surface area (Å²) in [5.74, 6) is 1.76. The summed E-state index contributed by atoms with van der Waals surface area (Å²) >= 11 is 0. The topological polar surface area (TPSA) is 66.7 Å². The Labute approximate surface area is 197 Å². The van der Waals surface area contributed by atoms with Crippen LogP contribution in [-0.2, 0) is 26.4 Å². The first-order valence-electron chi connectivity index (χ1n) is 10.5. The molecule has 0 saturated carbocycles. The van der Waals surface area contributed by atoms with Gasteiger partial charge in [-0.2, -0.15) is 5.10 Å². The van der Waals surface area contributed by atoms with Gasteiger partial charge in [-0.15, -0.1) is 24.0 Å². The molecule has 7 nitrogen and oxygen atoms in total. The van der Waals surface area contributed by atoms with Gasteiger partial charge in [0.1, 0.15) is 5.75 Å². The van der Waals surface area contributed by atoms with E-state index in [2.05, 4.69) is 51.6 Å². The summed E-state index contributed by atoms with van der Waals surface area (Å²) < 4.78 is 7.53. The van der Waals surface area contributed by atoms with Crippen molar-refractivity contribution in [3.8, 4) is 5.75 Å². The van der Waals surface area contributed by atoms with Crippen LogP contribution in [0.1, 0.15) is 37.2 Å². The zero-order chi connectivity index (χ0) is 20.8. The average Bonchev–Trinajstić information content (AvgIpc) is 3.34. The number of guanidine groups is 1. The number of ether oxygens (including phenoxy) is 1. The highest BCUT2D eigenvalue weighted by Crippen LogP contribution is 2.30. The third-order valence-corrected chi connectivity index (χ3v) is 5.64. The summed E-state index contributed by atoms with van der Waals surface area (Å²) in [6.07, 6.45) is 2.97. The lowest BCUT2D eigenvalue weighted by atomic mass is 10.1.